The lowest BCUT2D eigenvalue weighted by atomic mass is 10.1. The smallest absolute Gasteiger partial charge is 0.0834 e. The highest BCUT2D eigenvalue weighted by molar-refractivity contribution is 6.31. The summed E-state index contributed by atoms with van der Waals surface area (Å²) in [6.07, 6.45) is 3.67. The normalized spacial score (nSPS) is 13.4. The Labute approximate surface area is 102 Å². The molecule has 0 saturated heterocycles. The van der Waals surface area contributed by atoms with Crippen molar-refractivity contribution >= 4 is 11.6 Å². The molecule has 0 radical (unpaired) electrons. The molecule has 92 valence electrons. The molecular formula is C11H21ClN4. The third-order valence-corrected chi connectivity index (χ3v) is 2.83. The van der Waals surface area contributed by atoms with Crippen LogP contribution >= 0.6 is 11.6 Å². The van der Waals surface area contributed by atoms with Crippen LogP contribution < -0.4 is 5.73 Å². The van der Waals surface area contributed by atoms with E-state index in [1.54, 1.807) is 6.20 Å². The number of hydrogen-bond donors (Lipinski definition) is 1. The molecule has 0 bridgehead atoms. The van der Waals surface area contributed by atoms with E-state index >= 15 is 0 Å². The van der Waals surface area contributed by atoms with Gasteiger partial charge in [0.15, 0.2) is 0 Å². The minimum absolute atomic E-state index is 0.0119. The van der Waals surface area contributed by atoms with E-state index in [0.717, 1.165) is 31.6 Å². The summed E-state index contributed by atoms with van der Waals surface area (Å²) in [5.41, 5.74) is 7.06. The first-order chi connectivity index (χ1) is 7.56. The molecule has 0 saturated carbocycles. The van der Waals surface area contributed by atoms with Crippen molar-refractivity contribution in [1.82, 2.24) is 14.7 Å². The van der Waals surface area contributed by atoms with E-state index in [9.17, 15) is 0 Å². The van der Waals surface area contributed by atoms with Crippen molar-refractivity contribution in [3.05, 3.63) is 16.9 Å². The fraction of sp³-hybridized carbons (Fsp3) is 0.727. The molecule has 0 amide bonds. The summed E-state index contributed by atoms with van der Waals surface area (Å²) < 4.78 is 1.92. The van der Waals surface area contributed by atoms with Gasteiger partial charge in [-0.1, -0.05) is 24.9 Å². The van der Waals surface area contributed by atoms with Crippen molar-refractivity contribution < 1.29 is 0 Å². The molecule has 0 aliphatic carbocycles. The van der Waals surface area contributed by atoms with E-state index < -0.39 is 0 Å². The Morgan fingerprint density at radius 1 is 1.56 bits per heavy atom. The minimum atomic E-state index is -0.0119. The van der Waals surface area contributed by atoms with Crippen molar-refractivity contribution in [2.75, 3.05) is 20.6 Å². The third kappa shape index (κ3) is 3.47. The van der Waals surface area contributed by atoms with Gasteiger partial charge in [-0.2, -0.15) is 5.10 Å². The molecule has 1 atom stereocenters. The average Bonchev–Trinajstić information content (AvgIpc) is 2.57. The number of rotatable bonds is 6. The molecular weight excluding hydrogens is 224 g/mol. The fourth-order valence-corrected chi connectivity index (χ4v) is 1.94. The number of hydrogen-bond acceptors (Lipinski definition) is 3. The number of nitrogens with zero attached hydrogens (tertiary/aromatic N) is 3. The zero-order valence-electron chi connectivity index (χ0n) is 10.3. The van der Waals surface area contributed by atoms with Crippen LogP contribution in [0.25, 0.3) is 0 Å². The molecule has 2 N–H and O–H groups in total. The lowest BCUT2D eigenvalue weighted by Crippen LogP contribution is -2.23. The van der Waals surface area contributed by atoms with Crippen molar-refractivity contribution in [2.24, 2.45) is 5.73 Å². The largest absolute Gasteiger partial charge is 0.323 e. The summed E-state index contributed by atoms with van der Waals surface area (Å²) in [5, 5.41) is 4.95. The van der Waals surface area contributed by atoms with E-state index in [1.165, 1.54) is 0 Å². The van der Waals surface area contributed by atoms with Crippen molar-refractivity contribution in [1.29, 1.82) is 0 Å². The predicted octanol–water partition coefficient (Wildman–Crippen LogP) is 1.90. The van der Waals surface area contributed by atoms with Crippen molar-refractivity contribution in [3.8, 4) is 0 Å². The van der Waals surface area contributed by atoms with E-state index in [-0.39, 0.29) is 6.04 Å². The fourth-order valence-electron chi connectivity index (χ4n) is 1.66. The Morgan fingerprint density at radius 3 is 2.81 bits per heavy atom. The van der Waals surface area contributed by atoms with Crippen molar-refractivity contribution in [2.45, 2.75) is 32.4 Å². The van der Waals surface area contributed by atoms with Crippen LogP contribution in [0.4, 0.5) is 0 Å². The number of halogens is 1. The lowest BCUT2D eigenvalue weighted by Gasteiger charge is -2.16. The molecule has 0 aliphatic rings. The molecule has 1 rings (SSSR count). The summed E-state index contributed by atoms with van der Waals surface area (Å²) in [7, 11) is 4.08. The zero-order valence-corrected chi connectivity index (χ0v) is 11.0. The van der Waals surface area contributed by atoms with Crippen LogP contribution in [0.2, 0.25) is 5.02 Å². The second kappa shape index (κ2) is 6.23. The highest BCUT2D eigenvalue weighted by Crippen LogP contribution is 2.24. The SMILES string of the molecule is CCCC(N)c1c(Cl)cnn1CCN(C)C. The van der Waals surface area contributed by atoms with Gasteiger partial charge in [0.25, 0.3) is 0 Å². The van der Waals surface area contributed by atoms with Gasteiger partial charge in [-0.3, -0.25) is 4.68 Å². The van der Waals surface area contributed by atoms with Crippen LogP contribution in [0.15, 0.2) is 6.20 Å². The van der Waals surface area contributed by atoms with E-state index in [1.807, 2.05) is 18.8 Å². The average molecular weight is 245 g/mol. The van der Waals surface area contributed by atoms with Gasteiger partial charge in [0, 0.05) is 12.6 Å². The van der Waals surface area contributed by atoms with Crippen LogP contribution in [0.5, 0.6) is 0 Å². The summed E-state index contributed by atoms with van der Waals surface area (Å²) in [6.45, 7) is 3.88. The lowest BCUT2D eigenvalue weighted by molar-refractivity contribution is 0.365. The van der Waals surface area contributed by atoms with Gasteiger partial charge in [0.2, 0.25) is 0 Å². The maximum atomic E-state index is 6.11. The molecule has 5 heteroatoms. The third-order valence-electron chi connectivity index (χ3n) is 2.54. The van der Waals surface area contributed by atoms with Crippen LogP contribution in [-0.4, -0.2) is 35.3 Å². The van der Waals surface area contributed by atoms with Gasteiger partial charge in [0.1, 0.15) is 0 Å². The van der Waals surface area contributed by atoms with Gasteiger partial charge in [0.05, 0.1) is 23.5 Å². The Morgan fingerprint density at radius 2 is 2.25 bits per heavy atom. The second-order valence-electron chi connectivity index (χ2n) is 4.30. The highest BCUT2D eigenvalue weighted by atomic mass is 35.5. The predicted molar refractivity (Wildman–Crippen MR) is 67.6 cm³/mol. The molecule has 4 nitrogen and oxygen atoms in total. The molecule has 16 heavy (non-hydrogen) atoms. The van der Waals surface area contributed by atoms with Gasteiger partial charge in [-0.25, -0.2) is 0 Å². The van der Waals surface area contributed by atoms with Gasteiger partial charge in [-0.05, 0) is 20.5 Å². The Balaban J connectivity index is 2.76. The Hall–Kier alpha value is -0.580. The molecule has 1 aromatic rings. The Kier molecular flexibility index (Phi) is 5.25. The molecule has 0 aromatic carbocycles. The first-order valence-corrected chi connectivity index (χ1v) is 6.05. The van der Waals surface area contributed by atoms with Gasteiger partial charge >= 0.3 is 0 Å². The first kappa shape index (κ1) is 13.5. The van der Waals surface area contributed by atoms with E-state index in [0.29, 0.717) is 5.02 Å². The molecule has 0 spiro atoms. The standard InChI is InChI=1S/C11H21ClN4/c1-4-5-10(13)11-9(12)8-14-16(11)7-6-15(2)3/h8,10H,4-7,13H2,1-3H3. The van der Waals surface area contributed by atoms with Crippen LogP contribution in [0.3, 0.4) is 0 Å². The highest BCUT2D eigenvalue weighted by Gasteiger charge is 2.15. The molecule has 0 aliphatic heterocycles. The topological polar surface area (TPSA) is 47.1 Å². The monoisotopic (exact) mass is 244 g/mol. The summed E-state index contributed by atoms with van der Waals surface area (Å²) >= 11 is 6.11. The number of likely N-dealkylation sites (N-methyl/N-ethyl adjacent to an activating group) is 1. The molecule has 1 heterocycles. The van der Waals surface area contributed by atoms with Gasteiger partial charge < -0.3 is 10.6 Å². The van der Waals surface area contributed by atoms with Crippen LogP contribution in [-0.2, 0) is 6.54 Å². The molecule has 1 aromatic heterocycles. The number of nitrogens with two attached hydrogens (primary N) is 1. The second-order valence-corrected chi connectivity index (χ2v) is 4.71. The minimum Gasteiger partial charge on any atom is -0.323 e. The molecule has 0 fully saturated rings. The maximum Gasteiger partial charge on any atom is 0.0834 e. The van der Waals surface area contributed by atoms with Gasteiger partial charge in [-0.15, -0.1) is 0 Å². The van der Waals surface area contributed by atoms with E-state index in [4.69, 9.17) is 17.3 Å². The van der Waals surface area contributed by atoms with Crippen LogP contribution in [0, 0.1) is 0 Å². The summed E-state index contributed by atoms with van der Waals surface area (Å²) in [6, 6.07) is -0.0119. The zero-order chi connectivity index (χ0) is 12.1. The molecule has 1 unspecified atom stereocenters. The van der Waals surface area contributed by atoms with Crippen LogP contribution in [0.1, 0.15) is 31.5 Å². The summed E-state index contributed by atoms with van der Waals surface area (Å²) in [5.74, 6) is 0. The number of aromatic nitrogens is 2. The summed E-state index contributed by atoms with van der Waals surface area (Å²) in [4.78, 5) is 2.12. The Bertz CT molecular complexity index is 322. The maximum absolute atomic E-state index is 6.11. The quantitative estimate of drug-likeness (QED) is 0.832. The van der Waals surface area contributed by atoms with E-state index in [2.05, 4.69) is 16.9 Å². The van der Waals surface area contributed by atoms with Crippen molar-refractivity contribution in [3.63, 3.8) is 0 Å². The first-order valence-electron chi connectivity index (χ1n) is 5.67.